The standard InChI is InChI=1S/C26H23F4N5O2/c1-14-23-18(3-2-9-31-23)22-19(11-20(33-25(22)30)34-10-8-16(27)12-34)35(26(14)37)13-21(36)32-17-6-4-15(5-7-17)24(28)29/h2-7,9,11,14,16,24H,8,10,12-13H2,1H3,(H,32,36)/t14-,16-/m0/s1. The fraction of sp³-hybridized carbons (Fsp3) is 0.308. The van der Waals surface area contributed by atoms with Crippen LogP contribution < -0.4 is 15.1 Å². The number of hydrogen-bond acceptors (Lipinski definition) is 5. The Labute approximate surface area is 210 Å². The molecule has 4 heterocycles. The van der Waals surface area contributed by atoms with E-state index in [1.54, 1.807) is 24.0 Å². The normalized spacial score (nSPS) is 19.0. The molecule has 2 aliphatic rings. The summed E-state index contributed by atoms with van der Waals surface area (Å²) in [5.41, 5.74) is 0.943. The summed E-state index contributed by atoms with van der Waals surface area (Å²) in [6.45, 7) is 1.52. The molecule has 5 rings (SSSR count). The van der Waals surface area contributed by atoms with Crippen molar-refractivity contribution in [3.8, 4) is 11.1 Å². The van der Waals surface area contributed by atoms with E-state index in [1.165, 1.54) is 41.4 Å². The van der Waals surface area contributed by atoms with Crippen LogP contribution in [-0.2, 0) is 9.59 Å². The van der Waals surface area contributed by atoms with Crippen molar-refractivity contribution in [1.29, 1.82) is 0 Å². The molecule has 2 aromatic heterocycles. The maximum absolute atomic E-state index is 15.6. The number of carbonyl (C=O) groups excluding carboxylic acids is 2. The van der Waals surface area contributed by atoms with E-state index >= 15 is 4.39 Å². The van der Waals surface area contributed by atoms with Gasteiger partial charge in [0.15, 0.2) is 0 Å². The number of benzene rings is 1. The van der Waals surface area contributed by atoms with Gasteiger partial charge in [-0.3, -0.25) is 14.6 Å². The van der Waals surface area contributed by atoms with Gasteiger partial charge in [-0.1, -0.05) is 18.2 Å². The number of rotatable bonds is 5. The number of nitrogens with one attached hydrogen (secondary N) is 1. The highest BCUT2D eigenvalue weighted by Crippen LogP contribution is 2.42. The third-order valence-electron chi connectivity index (χ3n) is 6.59. The van der Waals surface area contributed by atoms with Crippen LogP contribution in [0.1, 0.15) is 36.9 Å². The summed E-state index contributed by atoms with van der Waals surface area (Å²) < 4.78 is 55.2. The van der Waals surface area contributed by atoms with Gasteiger partial charge in [0.2, 0.25) is 17.8 Å². The Kier molecular flexibility index (Phi) is 6.53. The predicted molar refractivity (Wildman–Crippen MR) is 130 cm³/mol. The van der Waals surface area contributed by atoms with Crippen LogP contribution in [0.3, 0.4) is 0 Å². The summed E-state index contributed by atoms with van der Waals surface area (Å²) in [4.78, 5) is 37.7. The summed E-state index contributed by atoms with van der Waals surface area (Å²) in [5.74, 6) is -2.59. The summed E-state index contributed by atoms with van der Waals surface area (Å²) >= 11 is 0. The van der Waals surface area contributed by atoms with Gasteiger partial charge in [0.05, 0.1) is 29.4 Å². The molecule has 0 spiro atoms. The van der Waals surface area contributed by atoms with Crippen LogP contribution in [0.2, 0.25) is 0 Å². The number of anilines is 3. The third kappa shape index (κ3) is 4.73. The van der Waals surface area contributed by atoms with Gasteiger partial charge in [0.1, 0.15) is 18.5 Å². The Hall–Kier alpha value is -4.02. The molecule has 2 aliphatic heterocycles. The van der Waals surface area contributed by atoms with Crippen LogP contribution in [0.5, 0.6) is 0 Å². The first kappa shape index (κ1) is 24.7. The van der Waals surface area contributed by atoms with E-state index < -0.39 is 42.8 Å². The van der Waals surface area contributed by atoms with E-state index in [0.29, 0.717) is 17.8 Å². The van der Waals surface area contributed by atoms with Crippen LogP contribution >= 0.6 is 0 Å². The molecule has 2 amide bonds. The van der Waals surface area contributed by atoms with Crippen molar-refractivity contribution in [2.45, 2.75) is 31.9 Å². The first-order chi connectivity index (χ1) is 17.7. The molecule has 2 atom stereocenters. The average Bonchev–Trinajstić information content (AvgIpc) is 3.29. The quantitative estimate of drug-likeness (QED) is 0.390. The van der Waals surface area contributed by atoms with E-state index in [0.717, 1.165) is 0 Å². The molecule has 1 N–H and O–H groups in total. The van der Waals surface area contributed by atoms with Crippen LogP contribution in [-0.4, -0.2) is 47.6 Å². The zero-order chi connectivity index (χ0) is 26.3. The molecule has 0 saturated carbocycles. The van der Waals surface area contributed by atoms with Crippen molar-refractivity contribution in [2.75, 3.05) is 34.8 Å². The lowest BCUT2D eigenvalue weighted by Crippen LogP contribution is -2.40. The second-order valence-electron chi connectivity index (χ2n) is 9.05. The van der Waals surface area contributed by atoms with E-state index in [-0.39, 0.29) is 41.3 Å². The highest BCUT2D eigenvalue weighted by Gasteiger charge is 2.36. The van der Waals surface area contributed by atoms with Crippen molar-refractivity contribution < 1.29 is 27.2 Å². The number of halogens is 4. The molecule has 1 fully saturated rings. The molecular formula is C26H23F4N5O2. The van der Waals surface area contributed by atoms with Crippen LogP contribution in [0, 0.1) is 5.95 Å². The molecule has 0 unspecified atom stereocenters. The number of aromatic nitrogens is 2. The van der Waals surface area contributed by atoms with Crippen molar-refractivity contribution >= 4 is 29.0 Å². The van der Waals surface area contributed by atoms with Crippen LogP contribution in [0.25, 0.3) is 11.1 Å². The van der Waals surface area contributed by atoms with Crippen molar-refractivity contribution in [3.05, 3.63) is 65.9 Å². The lowest BCUT2D eigenvalue weighted by molar-refractivity contribution is -0.122. The molecule has 1 aromatic carbocycles. The number of carbonyl (C=O) groups is 2. The molecular weight excluding hydrogens is 490 g/mol. The molecule has 0 bridgehead atoms. The Morgan fingerprint density at radius 1 is 1.22 bits per heavy atom. The Morgan fingerprint density at radius 2 is 1.97 bits per heavy atom. The van der Waals surface area contributed by atoms with Gasteiger partial charge < -0.3 is 15.1 Å². The maximum atomic E-state index is 15.6. The van der Waals surface area contributed by atoms with E-state index in [9.17, 15) is 22.8 Å². The minimum atomic E-state index is -2.64. The second-order valence-corrected chi connectivity index (χ2v) is 9.05. The van der Waals surface area contributed by atoms with Crippen molar-refractivity contribution in [3.63, 3.8) is 0 Å². The number of nitrogens with zero attached hydrogens (tertiary/aromatic N) is 4. The predicted octanol–water partition coefficient (Wildman–Crippen LogP) is 4.86. The molecule has 192 valence electrons. The van der Waals surface area contributed by atoms with E-state index in [2.05, 4.69) is 15.3 Å². The molecule has 0 radical (unpaired) electrons. The Bertz CT molecular complexity index is 1350. The fourth-order valence-electron chi connectivity index (χ4n) is 4.70. The molecule has 1 saturated heterocycles. The summed E-state index contributed by atoms with van der Waals surface area (Å²) in [5, 5.41) is 2.59. The van der Waals surface area contributed by atoms with Crippen molar-refractivity contribution in [2.24, 2.45) is 0 Å². The summed E-state index contributed by atoms with van der Waals surface area (Å²) in [7, 11) is 0. The molecule has 11 heteroatoms. The van der Waals surface area contributed by atoms with Gasteiger partial charge in [-0.25, -0.2) is 18.2 Å². The maximum Gasteiger partial charge on any atom is 0.263 e. The zero-order valence-electron chi connectivity index (χ0n) is 19.8. The number of hydrogen-bond donors (Lipinski definition) is 1. The Morgan fingerprint density at radius 3 is 2.65 bits per heavy atom. The first-order valence-corrected chi connectivity index (χ1v) is 11.8. The monoisotopic (exact) mass is 513 g/mol. The lowest BCUT2D eigenvalue weighted by Gasteiger charge is -2.26. The Balaban J connectivity index is 1.53. The van der Waals surface area contributed by atoms with E-state index in [1.807, 2.05) is 0 Å². The number of amides is 2. The first-order valence-electron chi connectivity index (χ1n) is 11.8. The van der Waals surface area contributed by atoms with Gasteiger partial charge in [0, 0.05) is 35.6 Å². The highest BCUT2D eigenvalue weighted by molar-refractivity contribution is 6.09. The van der Waals surface area contributed by atoms with Gasteiger partial charge in [-0.05, 0) is 31.5 Å². The zero-order valence-corrected chi connectivity index (χ0v) is 19.8. The topological polar surface area (TPSA) is 78.4 Å². The fourth-order valence-corrected chi connectivity index (χ4v) is 4.70. The van der Waals surface area contributed by atoms with Crippen molar-refractivity contribution in [1.82, 2.24) is 9.97 Å². The number of pyridine rings is 2. The average molecular weight is 513 g/mol. The smallest absolute Gasteiger partial charge is 0.263 e. The minimum Gasteiger partial charge on any atom is -0.353 e. The van der Waals surface area contributed by atoms with Gasteiger partial charge in [0.25, 0.3) is 6.43 Å². The largest absolute Gasteiger partial charge is 0.353 e. The molecule has 7 nitrogen and oxygen atoms in total. The third-order valence-corrected chi connectivity index (χ3v) is 6.59. The number of alkyl halides is 3. The molecule has 37 heavy (non-hydrogen) atoms. The number of fused-ring (bicyclic) bond motifs is 3. The SMILES string of the molecule is C[C@@H]1C(=O)N(CC(=O)Nc2ccc(C(F)F)cc2)c2cc(N3CC[C@H](F)C3)nc(F)c2-c2cccnc21. The van der Waals surface area contributed by atoms with Crippen LogP contribution in [0.4, 0.5) is 34.8 Å². The second kappa shape index (κ2) is 9.79. The van der Waals surface area contributed by atoms with Gasteiger partial charge >= 0.3 is 0 Å². The lowest BCUT2D eigenvalue weighted by atomic mass is 9.98. The van der Waals surface area contributed by atoms with Gasteiger partial charge in [-0.15, -0.1) is 0 Å². The van der Waals surface area contributed by atoms with E-state index in [4.69, 9.17) is 0 Å². The molecule has 0 aliphatic carbocycles. The molecule has 3 aromatic rings. The van der Waals surface area contributed by atoms with Crippen LogP contribution in [0.15, 0.2) is 48.7 Å². The highest BCUT2D eigenvalue weighted by atomic mass is 19.3. The summed E-state index contributed by atoms with van der Waals surface area (Å²) in [6.07, 6.45) is -1.94. The summed E-state index contributed by atoms with van der Waals surface area (Å²) in [6, 6.07) is 9.81. The minimum absolute atomic E-state index is 0.0228. The van der Waals surface area contributed by atoms with Gasteiger partial charge in [-0.2, -0.15) is 4.39 Å².